The predicted octanol–water partition coefficient (Wildman–Crippen LogP) is 3.90. The van der Waals surface area contributed by atoms with Gasteiger partial charge in [-0.1, -0.05) is 18.7 Å². The predicted molar refractivity (Wildman–Crippen MR) is 98.7 cm³/mol. The SMILES string of the molecule is COc1ccc2nc(SCC(=O)N3CCCC(C)C3)c(C)cc2c1. The van der Waals surface area contributed by atoms with Crippen LogP contribution in [-0.4, -0.2) is 41.7 Å². The lowest BCUT2D eigenvalue weighted by Crippen LogP contribution is -2.40. The van der Waals surface area contributed by atoms with Crippen LogP contribution >= 0.6 is 11.8 Å². The minimum absolute atomic E-state index is 0.225. The molecule has 4 nitrogen and oxygen atoms in total. The zero-order valence-electron chi connectivity index (χ0n) is 14.5. The van der Waals surface area contributed by atoms with Crippen LogP contribution in [0.4, 0.5) is 0 Å². The van der Waals surface area contributed by atoms with Gasteiger partial charge >= 0.3 is 0 Å². The van der Waals surface area contributed by atoms with E-state index in [0.29, 0.717) is 11.7 Å². The number of rotatable bonds is 4. The summed E-state index contributed by atoms with van der Waals surface area (Å²) in [6.07, 6.45) is 2.35. The van der Waals surface area contributed by atoms with Crippen LogP contribution in [0.3, 0.4) is 0 Å². The molecule has 1 atom stereocenters. The number of methoxy groups -OCH3 is 1. The Morgan fingerprint density at radius 2 is 2.25 bits per heavy atom. The zero-order chi connectivity index (χ0) is 17.1. The number of hydrogen-bond donors (Lipinski definition) is 0. The maximum absolute atomic E-state index is 12.4. The first-order valence-electron chi connectivity index (χ1n) is 8.43. The van der Waals surface area contributed by atoms with Gasteiger partial charge in [-0.15, -0.1) is 0 Å². The summed E-state index contributed by atoms with van der Waals surface area (Å²) in [7, 11) is 1.67. The van der Waals surface area contributed by atoms with Gasteiger partial charge in [0.15, 0.2) is 0 Å². The maximum Gasteiger partial charge on any atom is 0.232 e. The molecule has 128 valence electrons. The van der Waals surface area contributed by atoms with Gasteiger partial charge in [0, 0.05) is 18.5 Å². The minimum Gasteiger partial charge on any atom is -0.497 e. The van der Waals surface area contributed by atoms with E-state index in [1.807, 2.05) is 30.0 Å². The minimum atomic E-state index is 0.225. The standard InChI is InChI=1S/C19H24N2O2S/c1-13-5-4-8-21(11-13)18(22)12-24-19-14(2)9-15-10-16(23-3)6-7-17(15)20-19/h6-7,9-10,13H,4-5,8,11-12H2,1-3H3. The van der Waals surface area contributed by atoms with Crippen molar-refractivity contribution >= 4 is 28.6 Å². The lowest BCUT2D eigenvalue weighted by atomic mass is 10.0. The Bertz CT molecular complexity index is 747. The van der Waals surface area contributed by atoms with Gasteiger partial charge in [0.25, 0.3) is 0 Å². The molecule has 1 aliphatic heterocycles. The number of aryl methyl sites for hydroxylation is 1. The number of piperidine rings is 1. The van der Waals surface area contributed by atoms with Crippen molar-refractivity contribution in [1.29, 1.82) is 0 Å². The number of benzene rings is 1. The number of aromatic nitrogens is 1. The molecule has 1 amide bonds. The summed E-state index contributed by atoms with van der Waals surface area (Å²) in [6.45, 7) is 6.05. The van der Waals surface area contributed by atoms with Crippen LogP contribution in [0.15, 0.2) is 29.3 Å². The second-order valence-electron chi connectivity index (χ2n) is 6.54. The van der Waals surface area contributed by atoms with Gasteiger partial charge in [0.2, 0.25) is 5.91 Å². The molecule has 1 aromatic carbocycles. The first-order valence-corrected chi connectivity index (χ1v) is 9.41. The van der Waals surface area contributed by atoms with Gasteiger partial charge in [0.1, 0.15) is 10.8 Å². The number of likely N-dealkylation sites (tertiary alicyclic amines) is 1. The summed E-state index contributed by atoms with van der Waals surface area (Å²) >= 11 is 1.54. The normalized spacial score (nSPS) is 18.0. The first kappa shape index (κ1) is 17.1. The molecule has 0 aliphatic carbocycles. The van der Waals surface area contributed by atoms with E-state index in [1.165, 1.54) is 6.42 Å². The number of carbonyl (C=O) groups is 1. The lowest BCUT2D eigenvalue weighted by molar-refractivity contribution is -0.130. The van der Waals surface area contributed by atoms with Crippen molar-refractivity contribution in [2.75, 3.05) is 26.0 Å². The summed E-state index contributed by atoms with van der Waals surface area (Å²) in [4.78, 5) is 19.2. The summed E-state index contributed by atoms with van der Waals surface area (Å²) < 4.78 is 5.26. The summed E-state index contributed by atoms with van der Waals surface area (Å²) in [6, 6.07) is 7.98. The third-order valence-electron chi connectivity index (χ3n) is 4.51. The van der Waals surface area contributed by atoms with E-state index in [0.717, 1.165) is 46.8 Å². The number of thioether (sulfide) groups is 1. The Morgan fingerprint density at radius 1 is 1.42 bits per heavy atom. The molecular formula is C19H24N2O2S. The van der Waals surface area contributed by atoms with Gasteiger partial charge in [-0.05, 0) is 55.5 Å². The molecule has 1 aliphatic rings. The molecule has 0 radical (unpaired) electrons. The fourth-order valence-corrected chi connectivity index (χ4v) is 4.05. The highest BCUT2D eigenvalue weighted by Gasteiger charge is 2.21. The molecule has 24 heavy (non-hydrogen) atoms. The monoisotopic (exact) mass is 344 g/mol. The van der Waals surface area contributed by atoms with Crippen LogP contribution in [0, 0.1) is 12.8 Å². The van der Waals surface area contributed by atoms with Crippen molar-refractivity contribution in [3.63, 3.8) is 0 Å². The number of hydrogen-bond acceptors (Lipinski definition) is 4. The van der Waals surface area contributed by atoms with Gasteiger partial charge in [-0.2, -0.15) is 0 Å². The van der Waals surface area contributed by atoms with Crippen molar-refractivity contribution in [1.82, 2.24) is 9.88 Å². The van der Waals surface area contributed by atoms with Crippen LogP contribution < -0.4 is 4.74 Å². The van der Waals surface area contributed by atoms with Crippen LogP contribution in [0.2, 0.25) is 0 Å². The summed E-state index contributed by atoms with van der Waals surface area (Å²) in [5.74, 6) is 2.13. The molecule has 2 aromatic rings. The average Bonchev–Trinajstić information content (AvgIpc) is 2.59. The van der Waals surface area contributed by atoms with E-state index in [4.69, 9.17) is 9.72 Å². The number of nitrogens with zero attached hydrogens (tertiary/aromatic N) is 2. The fourth-order valence-electron chi connectivity index (χ4n) is 3.15. The third-order valence-corrected chi connectivity index (χ3v) is 5.59. The third kappa shape index (κ3) is 3.83. The molecule has 1 saturated heterocycles. The largest absolute Gasteiger partial charge is 0.497 e. The number of amides is 1. The smallest absolute Gasteiger partial charge is 0.232 e. The van der Waals surface area contributed by atoms with Crippen molar-refractivity contribution in [3.05, 3.63) is 29.8 Å². The van der Waals surface area contributed by atoms with Crippen molar-refractivity contribution in [2.45, 2.75) is 31.7 Å². The van der Waals surface area contributed by atoms with E-state index >= 15 is 0 Å². The molecular weight excluding hydrogens is 320 g/mol. The first-order chi connectivity index (χ1) is 11.6. The van der Waals surface area contributed by atoms with Crippen molar-refractivity contribution in [3.8, 4) is 5.75 Å². The van der Waals surface area contributed by atoms with E-state index in [9.17, 15) is 4.79 Å². The maximum atomic E-state index is 12.4. The number of ether oxygens (including phenoxy) is 1. The van der Waals surface area contributed by atoms with Crippen molar-refractivity contribution < 1.29 is 9.53 Å². The molecule has 0 N–H and O–H groups in total. The fraction of sp³-hybridized carbons (Fsp3) is 0.474. The Kier molecular flexibility index (Phi) is 5.29. The van der Waals surface area contributed by atoms with Crippen LogP contribution in [0.1, 0.15) is 25.3 Å². The van der Waals surface area contributed by atoms with Crippen molar-refractivity contribution in [2.24, 2.45) is 5.92 Å². The van der Waals surface area contributed by atoms with Crippen LogP contribution in [0.5, 0.6) is 5.75 Å². The second-order valence-corrected chi connectivity index (χ2v) is 7.51. The number of carbonyl (C=O) groups excluding carboxylic acids is 1. The van der Waals surface area contributed by atoms with Crippen LogP contribution in [0.25, 0.3) is 10.9 Å². The topological polar surface area (TPSA) is 42.4 Å². The zero-order valence-corrected chi connectivity index (χ0v) is 15.4. The highest BCUT2D eigenvalue weighted by atomic mass is 32.2. The van der Waals surface area contributed by atoms with Gasteiger partial charge in [-0.3, -0.25) is 4.79 Å². The number of pyridine rings is 1. The Morgan fingerprint density at radius 3 is 3.00 bits per heavy atom. The van der Waals surface area contributed by atoms with E-state index in [1.54, 1.807) is 18.9 Å². The molecule has 2 heterocycles. The Hall–Kier alpha value is -1.75. The van der Waals surface area contributed by atoms with Gasteiger partial charge < -0.3 is 9.64 Å². The van der Waals surface area contributed by atoms with Gasteiger partial charge in [-0.25, -0.2) is 4.98 Å². The highest BCUT2D eigenvalue weighted by Crippen LogP contribution is 2.27. The van der Waals surface area contributed by atoms with E-state index in [2.05, 4.69) is 13.0 Å². The average molecular weight is 344 g/mol. The highest BCUT2D eigenvalue weighted by molar-refractivity contribution is 7.99. The molecule has 1 fully saturated rings. The molecule has 0 bridgehead atoms. The number of fused-ring (bicyclic) bond motifs is 1. The van der Waals surface area contributed by atoms with E-state index < -0.39 is 0 Å². The molecule has 1 aromatic heterocycles. The summed E-state index contributed by atoms with van der Waals surface area (Å²) in [5.41, 5.74) is 2.03. The summed E-state index contributed by atoms with van der Waals surface area (Å²) in [5, 5.41) is 2.00. The second kappa shape index (κ2) is 7.43. The Labute approximate surface area is 147 Å². The molecule has 5 heteroatoms. The lowest BCUT2D eigenvalue weighted by Gasteiger charge is -2.30. The molecule has 0 spiro atoms. The quantitative estimate of drug-likeness (QED) is 0.789. The van der Waals surface area contributed by atoms with Crippen LogP contribution in [-0.2, 0) is 4.79 Å². The molecule has 0 saturated carbocycles. The van der Waals surface area contributed by atoms with E-state index in [-0.39, 0.29) is 5.91 Å². The van der Waals surface area contributed by atoms with Gasteiger partial charge in [0.05, 0.1) is 18.4 Å². The Balaban J connectivity index is 1.70. The molecule has 1 unspecified atom stereocenters. The molecule has 3 rings (SSSR count).